The van der Waals surface area contributed by atoms with Crippen LogP contribution in [0, 0.1) is 0 Å². The number of nitrogens with one attached hydrogen (secondary N) is 1. The summed E-state index contributed by atoms with van der Waals surface area (Å²) in [6.45, 7) is 0.634. The van der Waals surface area contributed by atoms with Gasteiger partial charge in [-0.05, 0) is 43.9 Å². The van der Waals surface area contributed by atoms with Crippen LogP contribution in [-0.4, -0.2) is 50.3 Å². The van der Waals surface area contributed by atoms with E-state index in [1.807, 2.05) is 0 Å². The lowest BCUT2D eigenvalue weighted by atomic mass is 10.2. The van der Waals surface area contributed by atoms with Crippen LogP contribution in [0.15, 0.2) is 29.2 Å². The number of hydrogen-bond acceptors (Lipinski definition) is 5. The molecule has 3 rings (SSSR count). The van der Waals surface area contributed by atoms with Crippen molar-refractivity contribution < 1.29 is 22.7 Å². The minimum absolute atomic E-state index is 0.0799. The molecule has 1 saturated carbocycles. The normalized spacial score (nSPS) is 18.8. The highest BCUT2D eigenvalue weighted by Crippen LogP contribution is 2.21. The van der Waals surface area contributed by atoms with E-state index in [0.717, 1.165) is 38.5 Å². The van der Waals surface area contributed by atoms with Crippen LogP contribution < -0.4 is 5.32 Å². The van der Waals surface area contributed by atoms with Gasteiger partial charge >= 0.3 is 5.97 Å². The highest BCUT2D eigenvalue weighted by molar-refractivity contribution is 7.89. The van der Waals surface area contributed by atoms with E-state index in [1.54, 1.807) is 0 Å². The first-order chi connectivity index (χ1) is 12.5. The molecule has 1 aromatic rings. The SMILES string of the molecule is O=C(COC(=O)c1cccc(S(=O)(=O)N2CCCCCC2)c1)NC1CC1. The first-order valence-corrected chi connectivity index (χ1v) is 10.5. The molecule has 0 spiro atoms. The third kappa shape index (κ3) is 4.82. The van der Waals surface area contributed by atoms with Gasteiger partial charge in [0, 0.05) is 19.1 Å². The summed E-state index contributed by atoms with van der Waals surface area (Å²) in [6, 6.07) is 6.01. The van der Waals surface area contributed by atoms with Crippen molar-refractivity contribution in [2.24, 2.45) is 0 Å². The Hall–Kier alpha value is -1.93. The lowest BCUT2D eigenvalue weighted by Gasteiger charge is -2.20. The molecule has 0 bridgehead atoms. The lowest BCUT2D eigenvalue weighted by molar-refractivity contribution is -0.124. The van der Waals surface area contributed by atoms with Gasteiger partial charge in [-0.1, -0.05) is 18.9 Å². The molecule has 7 nitrogen and oxygen atoms in total. The second-order valence-electron chi connectivity index (χ2n) is 6.76. The van der Waals surface area contributed by atoms with E-state index in [1.165, 1.54) is 28.6 Å². The monoisotopic (exact) mass is 380 g/mol. The Morgan fingerprint density at radius 2 is 1.81 bits per heavy atom. The van der Waals surface area contributed by atoms with E-state index in [4.69, 9.17) is 4.74 Å². The quantitative estimate of drug-likeness (QED) is 0.758. The molecule has 8 heteroatoms. The van der Waals surface area contributed by atoms with Gasteiger partial charge in [-0.25, -0.2) is 13.2 Å². The number of rotatable bonds is 6. The standard InChI is InChI=1S/C18H24N2O5S/c21-17(19-15-8-9-15)13-25-18(22)14-6-5-7-16(12-14)26(23,24)20-10-3-1-2-4-11-20/h5-7,12,15H,1-4,8-11,13H2,(H,19,21). The lowest BCUT2D eigenvalue weighted by Crippen LogP contribution is -2.32. The van der Waals surface area contributed by atoms with Crippen molar-refractivity contribution in [1.29, 1.82) is 0 Å². The van der Waals surface area contributed by atoms with Gasteiger partial charge in [0.15, 0.2) is 6.61 Å². The zero-order valence-electron chi connectivity index (χ0n) is 14.6. The highest BCUT2D eigenvalue weighted by atomic mass is 32.2. The Labute approximate surface area is 153 Å². The molecule has 1 N–H and O–H groups in total. The van der Waals surface area contributed by atoms with Gasteiger partial charge in [0.05, 0.1) is 10.5 Å². The van der Waals surface area contributed by atoms with Gasteiger partial charge in [0.2, 0.25) is 10.0 Å². The Balaban J connectivity index is 1.66. The molecule has 1 amide bonds. The van der Waals surface area contributed by atoms with E-state index >= 15 is 0 Å². The molecular weight excluding hydrogens is 356 g/mol. The Kier molecular flexibility index (Phi) is 5.93. The van der Waals surface area contributed by atoms with Crippen molar-refractivity contribution in [2.45, 2.75) is 49.5 Å². The third-order valence-corrected chi connectivity index (χ3v) is 6.44. The van der Waals surface area contributed by atoms with Crippen molar-refractivity contribution in [2.75, 3.05) is 19.7 Å². The Bertz CT molecular complexity index is 766. The topological polar surface area (TPSA) is 92.8 Å². The fourth-order valence-corrected chi connectivity index (χ4v) is 4.49. The van der Waals surface area contributed by atoms with Crippen molar-refractivity contribution in [3.63, 3.8) is 0 Å². The molecule has 0 unspecified atom stereocenters. The van der Waals surface area contributed by atoms with Crippen molar-refractivity contribution >= 4 is 21.9 Å². The molecule has 0 aromatic heterocycles. The maximum atomic E-state index is 12.8. The van der Waals surface area contributed by atoms with Gasteiger partial charge < -0.3 is 10.1 Å². The number of sulfonamides is 1. The first-order valence-electron chi connectivity index (χ1n) is 9.03. The van der Waals surface area contributed by atoms with E-state index in [0.29, 0.717) is 13.1 Å². The second kappa shape index (κ2) is 8.18. The molecule has 1 saturated heterocycles. The maximum Gasteiger partial charge on any atom is 0.338 e. The van der Waals surface area contributed by atoms with E-state index in [2.05, 4.69) is 5.32 Å². The van der Waals surface area contributed by atoms with E-state index < -0.39 is 16.0 Å². The highest BCUT2D eigenvalue weighted by Gasteiger charge is 2.26. The summed E-state index contributed by atoms with van der Waals surface area (Å²) >= 11 is 0. The van der Waals surface area contributed by atoms with Crippen LogP contribution in [0.4, 0.5) is 0 Å². The van der Waals surface area contributed by atoms with Crippen LogP contribution in [0.25, 0.3) is 0 Å². The minimum atomic E-state index is -3.63. The zero-order chi connectivity index (χ0) is 18.6. The molecule has 142 valence electrons. The van der Waals surface area contributed by atoms with Gasteiger partial charge in [-0.2, -0.15) is 4.31 Å². The molecule has 0 atom stereocenters. The number of benzene rings is 1. The Morgan fingerprint density at radius 1 is 1.12 bits per heavy atom. The number of ether oxygens (including phenoxy) is 1. The number of hydrogen-bond donors (Lipinski definition) is 1. The molecule has 2 fully saturated rings. The van der Waals surface area contributed by atoms with Gasteiger partial charge in [0.1, 0.15) is 0 Å². The number of carbonyl (C=O) groups excluding carboxylic acids is 2. The number of amides is 1. The summed E-state index contributed by atoms with van der Waals surface area (Å²) < 4.78 is 32.1. The average Bonchev–Trinajstić information content (AvgIpc) is 3.46. The molecule has 0 radical (unpaired) electrons. The summed E-state index contributed by atoms with van der Waals surface area (Å²) in [7, 11) is -3.63. The fourth-order valence-electron chi connectivity index (χ4n) is 2.93. The summed E-state index contributed by atoms with van der Waals surface area (Å²) in [6.07, 6.45) is 5.66. The largest absolute Gasteiger partial charge is 0.452 e. The molecule has 1 aliphatic carbocycles. The summed E-state index contributed by atoms with van der Waals surface area (Å²) in [4.78, 5) is 23.8. The third-order valence-electron chi connectivity index (χ3n) is 4.55. The predicted molar refractivity (Wildman–Crippen MR) is 95.1 cm³/mol. The van der Waals surface area contributed by atoms with Crippen LogP contribution in [-0.2, 0) is 19.6 Å². The van der Waals surface area contributed by atoms with Gasteiger partial charge in [-0.15, -0.1) is 0 Å². The van der Waals surface area contributed by atoms with Crippen LogP contribution in [0.2, 0.25) is 0 Å². The van der Waals surface area contributed by atoms with Gasteiger partial charge in [-0.3, -0.25) is 4.79 Å². The van der Waals surface area contributed by atoms with Crippen LogP contribution >= 0.6 is 0 Å². The van der Waals surface area contributed by atoms with Crippen molar-refractivity contribution in [3.05, 3.63) is 29.8 Å². The molecule has 1 aliphatic heterocycles. The van der Waals surface area contributed by atoms with E-state index in [-0.39, 0.29) is 29.0 Å². The summed E-state index contributed by atoms with van der Waals surface area (Å²) in [5.74, 6) is -1.04. The number of esters is 1. The maximum absolute atomic E-state index is 12.8. The zero-order valence-corrected chi connectivity index (χ0v) is 15.5. The molecular formula is C18H24N2O5S. The number of carbonyl (C=O) groups is 2. The molecule has 1 heterocycles. The number of nitrogens with zero attached hydrogens (tertiary/aromatic N) is 1. The minimum Gasteiger partial charge on any atom is -0.452 e. The molecule has 1 aromatic carbocycles. The Morgan fingerprint density at radius 3 is 2.46 bits per heavy atom. The predicted octanol–water partition coefficient (Wildman–Crippen LogP) is 1.69. The smallest absolute Gasteiger partial charge is 0.338 e. The summed E-state index contributed by atoms with van der Waals surface area (Å²) in [5.41, 5.74) is 0.125. The fraction of sp³-hybridized carbons (Fsp3) is 0.556. The molecule has 2 aliphatic rings. The van der Waals surface area contributed by atoms with Crippen molar-refractivity contribution in [3.8, 4) is 0 Å². The van der Waals surface area contributed by atoms with Gasteiger partial charge in [0.25, 0.3) is 5.91 Å². The van der Waals surface area contributed by atoms with E-state index in [9.17, 15) is 18.0 Å². The van der Waals surface area contributed by atoms with Crippen LogP contribution in [0.3, 0.4) is 0 Å². The van der Waals surface area contributed by atoms with Crippen molar-refractivity contribution in [1.82, 2.24) is 9.62 Å². The second-order valence-corrected chi connectivity index (χ2v) is 8.70. The average molecular weight is 380 g/mol. The molecule has 26 heavy (non-hydrogen) atoms. The van der Waals surface area contributed by atoms with Crippen LogP contribution in [0.5, 0.6) is 0 Å². The van der Waals surface area contributed by atoms with Crippen LogP contribution in [0.1, 0.15) is 48.9 Å². The summed E-state index contributed by atoms with van der Waals surface area (Å²) in [5, 5.41) is 2.73. The first kappa shape index (κ1) is 18.8.